The van der Waals surface area contributed by atoms with E-state index in [0.717, 1.165) is 70.6 Å². The second-order valence-electron chi connectivity index (χ2n) is 26.3. The molecule has 0 aromatic heterocycles. The summed E-state index contributed by atoms with van der Waals surface area (Å²) in [5.41, 5.74) is 0. The van der Waals surface area contributed by atoms with E-state index in [1.807, 2.05) is 0 Å². The number of hydrogen-bond donors (Lipinski definition) is 1. The first kappa shape index (κ1) is 83.0. The number of unbranched alkanes of at least 4 members (excludes halogenated alkanes) is 54. The Morgan fingerprint density at radius 2 is 0.494 bits per heavy atom. The molecule has 0 bridgehead atoms. The van der Waals surface area contributed by atoms with Gasteiger partial charge in [0.2, 0.25) is 0 Å². The van der Waals surface area contributed by atoms with E-state index in [4.69, 9.17) is 18.9 Å². The normalized spacial score (nSPS) is 12.6. The third-order valence-corrected chi connectivity index (χ3v) is 17.8. The number of Topliss-reactive ketones (excluding diaryl/α,β-unsaturated/α-hetero) is 1. The minimum Gasteiger partial charge on any atom is -0.462 e. The zero-order chi connectivity index (χ0) is 61.8. The van der Waals surface area contributed by atoms with Crippen LogP contribution in [0.25, 0.3) is 0 Å². The van der Waals surface area contributed by atoms with Gasteiger partial charge in [-0.2, -0.15) is 0 Å². The molecular formula is C76H146O9. The zero-order valence-corrected chi connectivity index (χ0v) is 57.4. The Morgan fingerprint density at radius 1 is 0.271 bits per heavy atom. The van der Waals surface area contributed by atoms with E-state index in [1.165, 1.54) is 283 Å². The van der Waals surface area contributed by atoms with Gasteiger partial charge < -0.3 is 24.1 Å². The maximum Gasteiger partial charge on any atom is 0.306 e. The molecular weight excluding hydrogens is 1060 g/mol. The summed E-state index contributed by atoms with van der Waals surface area (Å²) in [6.07, 6.45) is 68.9. The fraction of sp³-hybridized carbons (Fsp3) is 0.947. The summed E-state index contributed by atoms with van der Waals surface area (Å²) in [6, 6.07) is 0. The van der Waals surface area contributed by atoms with Crippen LogP contribution in [0, 0.1) is 0 Å². The van der Waals surface area contributed by atoms with E-state index in [2.05, 4.69) is 27.7 Å². The molecule has 85 heavy (non-hydrogen) atoms. The Morgan fingerprint density at radius 3 is 0.753 bits per heavy atom. The Balaban J connectivity index is 5.43. The van der Waals surface area contributed by atoms with Crippen molar-refractivity contribution in [1.82, 2.24) is 0 Å². The fourth-order valence-corrected chi connectivity index (χ4v) is 12.0. The number of aliphatic hydroxyl groups excluding tert-OH is 1. The molecule has 0 radical (unpaired) electrons. The first-order valence-corrected chi connectivity index (χ1v) is 38.1. The number of rotatable bonds is 72. The lowest BCUT2D eigenvalue weighted by atomic mass is 10.0. The average molecular weight is 1200 g/mol. The summed E-state index contributed by atoms with van der Waals surface area (Å²) in [6.45, 7) is 8.08. The Bertz CT molecular complexity index is 1390. The zero-order valence-electron chi connectivity index (χ0n) is 57.4. The van der Waals surface area contributed by atoms with Crippen LogP contribution in [0.2, 0.25) is 0 Å². The molecule has 0 fully saturated rings. The molecule has 0 heterocycles. The lowest BCUT2D eigenvalue weighted by molar-refractivity contribution is -0.175. The summed E-state index contributed by atoms with van der Waals surface area (Å²) in [5.74, 6) is -1.41. The van der Waals surface area contributed by atoms with Crippen LogP contribution in [0.5, 0.6) is 0 Å². The molecule has 0 aromatic rings. The summed E-state index contributed by atoms with van der Waals surface area (Å²) in [7, 11) is 0. The predicted molar refractivity (Wildman–Crippen MR) is 362 cm³/mol. The number of carbonyl (C=O) groups is 4. The van der Waals surface area contributed by atoms with Crippen molar-refractivity contribution in [2.75, 3.05) is 19.8 Å². The van der Waals surface area contributed by atoms with Crippen molar-refractivity contribution in [2.45, 2.75) is 444 Å². The second kappa shape index (κ2) is 69.5. The van der Waals surface area contributed by atoms with E-state index < -0.39 is 30.9 Å². The van der Waals surface area contributed by atoms with Crippen molar-refractivity contribution < 1.29 is 43.2 Å². The second-order valence-corrected chi connectivity index (χ2v) is 26.3. The molecule has 9 nitrogen and oxygen atoms in total. The monoisotopic (exact) mass is 1200 g/mol. The molecule has 0 aromatic carbocycles. The molecule has 1 N–H and O–H groups in total. The Hall–Kier alpha value is -2.00. The van der Waals surface area contributed by atoms with E-state index in [1.54, 1.807) is 0 Å². The molecule has 0 aliphatic rings. The highest BCUT2D eigenvalue weighted by molar-refractivity contribution is 5.84. The number of carbonyl (C=O) groups excluding carboxylic acids is 4. The first-order chi connectivity index (χ1) is 41.8. The highest BCUT2D eigenvalue weighted by Gasteiger charge is 2.33. The van der Waals surface area contributed by atoms with E-state index in [9.17, 15) is 24.3 Å². The number of ketones is 1. The van der Waals surface area contributed by atoms with Crippen molar-refractivity contribution in [3.63, 3.8) is 0 Å². The summed E-state index contributed by atoms with van der Waals surface area (Å²) in [5, 5.41) is 10.7. The van der Waals surface area contributed by atoms with Gasteiger partial charge in [0.1, 0.15) is 6.61 Å². The fourth-order valence-electron chi connectivity index (χ4n) is 12.0. The van der Waals surface area contributed by atoms with Crippen LogP contribution >= 0.6 is 0 Å². The predicted octanol–water partition coefficient (Wildman–Crippen LogP) is 23.6. The van der Waals surface area contributed by atoms with Crippen molar-refractivity contribution in [3.05, 3.63) is 0 Å². The molecule has 0 amide bonds. The SMILES string of the molecule is CCCCCCCCCCCCCCCCCCCC(=O)OC(CO)C(OCC(COC(=O)CCCCCCCCCCCCCCC)OC(=O)CCCCCCCCCCCCCCCCC)C(=O)CCCCCCCCCCCCCCC. The van der Waals surface area contributed by atoms with Gasteiger partial charge >= 0.3 is 17.9 Å². The molecule has 504 valence electrons. The minimum atomic E-state index is -1.24. The van der Waals surface area contributed by atoms with Gasteiger partial charge in [-0.15, -0.1) is 0 Å². The van der Waals surface area contributed by atoms with Crippen LogP contribution in [-0.4, -0.2) is 66.9 Å². The third kappa shape index (κ3) is 62.0. The van der Waals surface area contributed by atoms with Crippen molar-refractivity contribution >= 4 is 23.7 Å². The summed E-state index contributed by atoms with van der Waals surface area (Å²) >= 11 is 0. The van der Waals surface area contributed by atoms with Gasteiger partial charge in [0.15, 0.2) is 24.1 Å². The third-order valence-electron chi connectivity index (χ3n) is 17.8. The number of ether oxygens (including phenoxy) is 4. The molecule has 0 saturated heterocycles. The summed E-state index contributed by atoms with van der Waals surface area (Å²) < 4.78 is 23.9. The molecule has 0 aliphatic heterocycles. The molecule has 0 rings (SSSR count). The number of hydrogen-bond acceptors (Lipinski definition) is 9. The lowest BCUT2D eigenvalue weighted by Crippen LogP contribution is -2.44. The highest BCUT2D eigenvalue weighted by Crippen LogP contribution is 2.21. The van der Waals surface area contributed by atoms with Gasteiger partial charge in [-0.3, -0.25) is 19.2 Å². The van der Waals surface area contributed by atoms with Crippen molar-refractivity contribution in [3.8, 4) is 0 Å². The largest absolute Gasteiger partial charge is 0.462 e. The highest BCUT2D eigenvalue weighted by atomic mass is 16.6. The van der Waals surface area contributed by atoms with Crippen molar-refractivity contribution in [1.29, 1.82) is 0 Å². The van der Waals surface area contributed by atoms with Crippen LogP contribution in [0.3, 0.4) is 0 Å². The van der Waals surface area contributed by atoms with Crippen LogP contribution in [0.4, 0.5) is 0 Å². The molecule has 0 aliphatic carbocycles. The Kier molecular flexibility index (Phi) is 67.8. The van der Waals surface area contributed by atoms with E-state index in [-0.39, 0.29) is 50.2 Å². The van der Waals surface area contributed by atoms with Gasteiger partial charge in [-0.05, 0) is 25.7 Å². The van der Waals surface area contributed by atoms with Gasteiger partial charge in [-0.1, -0.05) is 374 Å². The smallest absolute Gasteiger partial charge is 0.306 e. The maximum absolute atomic E-state index is 14.1. The van der Waals surface area contributed by atoms with E-state index in [0.29, 0.717) is 25.7 Å². The van der Waals surface area contributed by atoms with Gasteiger partial charge in [-0.25, -0.2) is 0 Å². The van der Waals surface area contributed by atoms with Crippen LogP contribution in [-0.2, 0) is 38.1 Å². The van der Waals surface area contributed by atoms with Crippen LogP contribution in [0.1, 0.15) is 426 Å². The minimum absolute atomic E-state index is 0.190. The molecule has 0 spiro atoms. The number of esters is 3. The van der Waals surface area contributed by atoms with Crippen LogP contribution in [0.15, 0.2) is 0 Å². The standard InChI is InChI=1S/C76H146O9/c1-5-9-13-17-21-25-29-33-35-36-38-42-46-50-54-58-62-66-75(81)85-72(67-77)76(71(78)63-59-55-51-47-43-39-31-27-23-19-15-11-7-3)83-69-70(68-82-73(79)64-60-56-52-48-44-40-32-28-24-20-16-12-8-4)84-74(80)65-61-57-53-49-45-41-37-34-30-26-22-18-14-10-6-2/h70,72,76-77H,5-69H2,1-4H3. The molecule has 3 atom stereocenters. The van der Waals surface area contributed by atoms with Gasteiger partial charge in [0.25, 0.3) is 0 Å². The topological polar surface area (TPSA) is 125 Å². The molecule has 9 heteroatoms. The Labute approximate surface area is 528 Å². The van der Waals surface area contributed by atoms with Gasteiger partial charge in [0, 0.05) is 25.7 Å². The first-order valence-electron chi connectivity index (χ1n) is 38.1. The summed E-state index contributed by atoms with van der Waals surface area (Å²) in [4.78, 5) is 53.9. The maximum atomic E-state index is 14.1. The quantitative estimate of drug-likeness (QED) is 0.0360. The molecule has 0 saturated carbocycles. The number of aliphatic hydroxyl groups is 1. The van der Waals surface area contributed by atoms with Gasteiger partial charge in [0.05, 0.1) is 13.2 Å². The molecule has 3 unspecified atom stereocenters. The average Bonchev–Trinajstić information content (AvgIpc) is 3.56. The van der Waals surface area contributed by atoms with E-state index >= 15 is 0 Å². The van der Waals surface area contributed by atoms with Crippen molar-refractivity contribution in [2.24, 2.45) is 0 Å². The lowest BCUT2D eigenvalue weighted by Gasteiger charge is -2.27. The van der Waals surface area contributed by atoms with Crippen LogP contribution < -0.4 is 0 Å².